The number of rotatable bonds is 5. The lowest BCUT2D eigenvalue weighted by molar-refractivity contribution is 0.171. The van der Waals surface area contributed by atoms with Crippen molar-refractivity contribution in [3.8, 4) is 11.5 Å². The summed E-state index contributed by atoms with van der Waals surface area (Å²) in [6.07, 6.45) is 1.13. The predicted octanol–water partition coefficient (Wildman–Crippen LogP) is 1.50. The summed E-state index contributed by atoms with van der Waals surface area (Å²) < 4.78 is 11.1. The van der Waals surface area contributed by atoms with Crippen molar-refractivity contribution >= 4 is 5.69 Å². The van der Waals surface area contributed by atoms with E-state index < -0.39 is 0 Å². The average Bonchev–Trinajstić information content (AvgIpc) is 2.38. The van der Waals surface area contributed by atoms with Crippen LogP contribution in [0.3, 0.4) is 0 Å². The van der Waals surface area contributed by atoms with E-state index in [1.165, 1.54) is 5.69 Å². The number of ether oxygens (including phenoxy) is 2. The summed E-state index contributed by atoms with van der Waals surface area (Å²) in [7, 11) is 4.07. The molecule has 1 aromatic carbocycles. The van der Waals surface area contributed by atoms with E-state index in [2.05, 4.69) is 23.3 Å². The monoisotopic (exact) mass is 236 g/mol. The summed E-state index contributed by atoms with van der Waals surface area (Å²) in [5.41, 5.74) is 1.17. The van der Waals surface area contributed by atoms with Gasteiger partial charge in [0.15, 0.2) is 11.5 Å². The molecular formula is C13H20N2O2. The van der Waals surface area contributed by atoms with Crippen molar-refractivity contribution in [3.05, 3.63) is 18.2 Å². The minimum Gasteiger partial charge on any atom is -0.486 e. The minimum absolute atomic E-state index is 0.639. The largest absolute Gasteiger partial charge is 0.486 e. The Morgan fingerprint density at radius 2 is 2.00 bits per heavy atom. The molecule has 4 heteroatoms. The lowest BCUT2D eigenvalue weighted by Gasteiger charge is -2.23. The molecule has 0 saturated heterocycles. The summed E-state index contributed by atoms with van der Waals surface area (Å²) in [5.74, 6) is 1.71. The third-order valence-electron chi connectivity index (χ3n) is 2.89. The summed E-state index contributed by atoms with van der Waals surface area (Å²) in [6.45, 7) is 3.35. The van der Waals surface area contributed by atoms with E-state index in [9.17, 15) is 0 Å². The maximum atomic E-state index is 5.58. The van der Waals surface area contributed by atoms with E-state index in [4.69, 9.17) is 9.47 Å². The van der Waals surface area contributed by atoms with Crippen molar-refractivity contribution < 1.29 is 9.47 Å². The zero-order valence-electron chi connectivity index (χ0n) is 10.5. The van der Waals surface area contributed by atoms with Crippen LogP contribution in [0.5, 0.6) is 11.5 Å². The maximum Gasteiger partial charge on any atom is 0.163 e. The molecule has 2 rings (SSSR count). The number of nitrogens with one attached hydrogen (secondary N) is 1. The van der Waals surface area contributed by atoms with E-state index in [-0.39, 0.29) is 0 Å². The number of benzene rings is 1. The average molecular weight is 236 g/mol. The Kier molecular flexibility index (Phi) is 4.09. The molecule has 0 bridgehead atoms. The van der Waals surface area contributed by atoms with Crippen molar-refractivity contribution in [3.63, 3.8) is 0 Å². The maximum absolute atomic E-state index is 5.58. The van der Waals surface area contributed by atoms with Gasteiger partial charge in [0.05, 0.1) is 0 Å². The second-order valence-electron chi connectivity index (χ2n) is 4.21. The quantitative estimate of drug-likeness (QED) is 0.786. The van der Waals surface area contributed by atoms with Gasteiger partial charge >= 0.3 is 0 Å². The van der Waals surface area contributed by atoms with Crippen LogP contribution in [0.15, 0.2) is 18.2 Å². The van der Waals surface area contributed by atoms with Crippen LogP contribution in [0.2, 0.25) is 0 Å². The fourth-order valence-corrected chi connectivity index (χ4v) is 1.89. The Bertz CT molecular complexity index is 368. The van der Waals surface area contributed by atoms with Crippen molar-refractivity contribution in [2.75, 3.05) is 45.3 Å². The highest BCUT2D eigenvalue weighted by atomic mass is 16.6. The Morgan fingerprint density at radius 1 is 1.24 bits per heavy atom. The van der Waals surface area contributed by atoms with Gasteiger partial charge < -0.3 is 19.7 Å². The Morgan fingerprint density at radius 3 is 2.76 bits per heavy atom. The Hall–Kier alpha value is -1.42. The van der Waals surface area contributed by atoms with E-state index >= 15 is 0 Å². The number of anilines is 1. The number of nitrogens with zero attached hydrogens (tertiary/aromatic N) is 1. The standard InChI is InChI=1S/C13H20N2O2/c1-14-6-3-7-15(2)11-4-5-12-13(10-11)17-9-8-16-12/h4-5,10,14H,3,6-9H2,1-2H3. The molecule has 0 radical (unpaired) electrons. The van der Waals surface area contributed by atoms with Gasteiger partial charge in [-0.15, -0.1) is 0 Å². The molecule has 0 fully saturated rings. The first-order valence-corrected chi connectivity index (χ1v) is 6.06. The van der Waals surface area contributed by atoms with Gasteiger partial charge in [-0.05, 0) is 32.1 Å². The van der Waals surface area contributed by atoms with E-state index in [0.29, 0.717) is 13.2 Å². The zero-order valence-corrected chi connectivity index (χ0v) is 10.5. The number of hydrogen-bond acceptors (Lipinski definition) is 4. The van der Waals surface area contributed by atoms with Crippen LogP contribution in [-0.4, -0.2) is 40.4 Å². The highest BCUT2D eigenvalue weighted by molar-refractivity contribution is 5.56. The summed E-state index contributed by atoms with van der Waals surface area (Å²) in [6, 6.07) is 6.11. The number of hydrogen-bond donors (Lipinski definition) is 1. The normalized spacial score (nSPS) is 13.5. The molecule has 1 heterocycles. The van der Waals surface area contributed by atoms with Crippen molar-refractivity contribution in [2.45, 2.75) is 6.42 Å². The van der Waals surface area contributed by atoms with E-state index in [1.807, 2.05) is 19.2 Å². The van der Waals surface area contributed by atoms with Crippen LogP contribution in [0, 0.1) is 0 Å². The van der Waals surface area contributed by atoms with Gasteiger partial charge in [0.2, 0.25) is 0 Å². The third kappa shape index (κ3) is 3.03. The van der Waals surface area contributed by atoms with Gasteiger partial charge in [0.25, 0.3) is 0 Å². The minimum atomic E-state index is 0.639. The fraction of sp³-hybridized carbons (Fsp3) is 0.538. The lowest BCUT2D eigenvalue weighted by atomic mass is 10.2. The molecule has 0 atom stereocenters. The van der Waals surface area contributed by atoms with Crippen LogP contribution in [-0.2, 0) is 0 Å². The van der Waals surface area contributed by atoms with Crippen LogP contribution < -0.4 is 19.7 Å². The van der Waals surface area contributed by atoms with Crippen LogP contribution in [0.4, 0.5) is 5.69 Å². The molecule has 1 N–H and O–H groups in total. The van der Waals surface area contributed by atoms with Gasteiger partial charge in [-0.2, -0.15) is 0 Å². The first-order valence-electron chi connectivity index (χ1n) is 6.06. The highest BCUT2D eigenvalue weighted by Crippen LogP contribution is 2.33. The molecule has 0 aliphatic carbocycles. The summed E-state index contributed by atoms with van der Waals surface area (Å²) in [4.78, 5) is 2.23. The SMILES string of the molecule is CNCCCN(C)c1ccc2c(c1)OCCO2. The fourth-order valence-electron chi connectivity index (χ4n) is 1.89. The molecule has 94 valence electrons. The highest BCUT2D eigenvalue weighted by Gasteiger charge is 2.12. The van der Waals surface area contributed by atoms with Crippen molar-refractivity contribution in [1.82, 2.24) is 5.32 Å². The van der Waals surface area contributed by atoms with Crippen molar-refractivity contribution in [1.29, 1.82) is 0 Å². The third-order valence-corrected chi connectivity index (χ3v) is 2.89. The first-order chi connectivity index (χ1) is 8.31. The smallest absolute Gasteiger partial charge is 0.163 e. The first kappa shape index (κ1) is 12.0. The van der Waals surface area contributed by atoms with Crippen LogP contribution in [0.25, 0.3) is 0 Å². The van der Waals surface area contributed by atoms with E-state index in [0.717, 1.165) is 31.0 Å². The second kappa shape index (κ2) is 5.77. The molecule has 1 aliphatic heterocycles. The summed E-state index contributed by atoms with van der Waals surface area (Å²) in [5, 5.41) is 3.15. The molecule has 1 aliphatic rings. The Balaban J connectivity index is 2.00. The molecule has 0 saturated carbocycles. The topological polar surface area (TPSA) is 33.7 Å². The number of fused-ring (bicyclic) bond motifs is 1. The molecule has 0 spiro atoms. The second-order valence-corrected chi connectivity index (χ2v) is 4.21. The van der Waals surface area contributed by atoms with Gasteiger partial charge in [0.1, 0.15) is 13.2 Å². The molecule has 1 aromatic rings. The Labute approximate surface area is 103 Å². The summed E-state index contributed by atoms with van der Waals surface area (Å²) >= 11 is 0. The van der Waals surface area contributed by atoms with Crippen LogP contribution in [0.1, 0.15) is 6.42 Å². The van der Waals surface area contributed by atoms with Gasteiger partial charge in [-0.3, -0.25) is 0 Å². The van der Waals surface area contributed by atoms with Gasteiger partial charge in [-0.1, -0.05) is 0 Å². The van der Waals surface area contributed by atoms with Gasteiger partial charge in [0, 0.05) is 25.3 Å². The van der Waals surface area contributed by atoms with Crippen molar-refractivity contribution in [2.24, 2.45) is 0 Å². The lowest BCUT2D eigenvalue weighted by Crippen LogP contribution is -2.22. The van der Waals surface area contributed by atoms with Gasteiger partial charge in [-0.25, -0.2) is 0 Å². The molecule has 4 nitrogen and oxygen atoms in total. The van der Waals surface area contributed by atoms with E-state index in [1.54, 1.807) is 0 Å². The zero-order chi connectivity index (χ0) is 12.1. The molecular weight excluding hydrogens is 216 g/mol. The van der Waals surface area contributed by atoms with Crippen LogP contribution >= 0.6 is 0 Å². The molecule has 0 aromatic heterocycles. The molecule has 0 unspecified atom stereocenters. The molecule has 0 amide bonds. The predicted molar refractivity (Wildman–Crippen MR) is 69.2 cm³/mol. The molecule has 17 heavy (non-hydrogen) atoms.